The highest BCUT2D eigenvalue weighted by atomic mass is 32.2. The smallest absolute Gasteiger partial charge is 0.161 e. The molecular formula is C12H20N4S. The number of nitrogens with one attached hydrogen (secondary N) is 1. The van der Waals surface area contributed by atoms with Gasteiger partial charge in [0.05, 0.1) is 16.9 Å². The number of amidine groups is 1. The quantitative estimate of drug-likeness (QED) is 0.880. The van der Waals surface area contributed by atoms with Gasteiger partial charge in [-0.1, -0.05) is 18.7 Å². The molecule has 2 heterocycles. The maximum absolute atomic E-state index is 4.73. The predicted molar refractivity (Wildman–Crippen MR) is 74.8 cm³/mol. The van der Waals surface area contributed by atoms with Gasteiger partial charge in [0.2, 0.25) is 0 Å². The molecule has 17 heavy (non-hydrogen) atoms. The minimum absolute atomic E-state index is 0.0577. The zero-order valence-corrected chi connectivity index (χ0v) is 11.8. The molecular weight excluding hydrogens is 232 g/mol. The Morgan fingerprint density at radius 1 is 1.53 bits per heavy atom. The molecule has 94 valence electrons. The molecule has 0 radical (unpaired) electrons. The van der Waals surface area contributed by atoms with Gasteiger partial charge in [0, 0.05) is 19.0 Å². The minimum Gasteiger partial charge on any atom is -0.332 e. The predicted octanol–water partition coefficient (Wildman–Crippen LogP) is 2.67. The molecule has 1 aromatic rings. The summed E-state index contributed by atoms with van der Waals surface area (Å²) in [5, 5.41) is 8.84. The lowest BCUT2D eigenvalue weighted by Crippen LogP contribution is -2.27. The minimum atomic E-state index is 0.0577. The topological polar surface area (TPSA) is 42.2 Å². The molecule has 1 aliphatic heterocycles. The highest BCUT2D eigenvalue weighted by Gasteiger charge is 2.23. The fourth-order valence-electron chi connectivity index (χ4n) is 1.84. The molecule has 1 aliphatic rings. The Kier molecular flexibility index (Phi) is 3.47. The maximum atomic E-state index is 4.73. The van der Waals surface area contributed by atoms with Crippen molar-refractivity contribution >= 4 is 22.6 Å². The van der Waals surface area contributed by atoms with Crippen molar-refractivity contribution in [3.05, 3.63) is 11.9 Å². The van der Waals surface area contributed by atoms with E-state index >= 15 is 0 Å². The number of hydrogen-bond acceptors (Lipinski definition) is 4. The van der Waals surface area contributed by atoms with Crippen molar-refractivity contribution in [2.24, 2.45) is 12.0 Å². The van der Waals surface area contributed by atoms with E-state index in [0.717, 1.165) is 35.1 Å². The summed E-state index contributed by atoms with van der Waals surface area (Å²) >= 11 is 1.79. The monoisotopic (exact) mass is 252 g/mol. The summed E-state index contributed by atoms with van der Waals surface area (Å²) in [6, 6.07) is 0. The van der Waals surface area contributed by atoms with Crippen LogP contribution in [-0.4, -0.2) is 26.2 Å². The number of anilines is 1. The van der Waals surface area contributed by atoms with Crippen LogP contribution in [0.1, 0.15) is 32.9 Å². The van der Waals surface area contributed by atoms with E-state index in [-0.39, 0.29) is 5.54 Å². The standard InChI is InChI=1S/C12H20N4S/c1-5-9-10(8-16(4)15-9)13-11-14-12(2,3)6-7-17-11/h8H,5-7H2,1-4H3,(H,13,14). The molecule has 0 bridgehead atoms. The Bertz CT molecular complexity index is 434. The van der Waals surface area contributed by atoms with Crippen molar-refractivity contribution in [2.75, 3.05) is 11.1 Å². The molecule has 0 aromatic carbocycles. The fourth-order valence-corrected chi connectivity index (χ4v) is 3.13. The molecule has 2 rings (SSSR count). The fraction of sp³-hybridized carbons (Fsp3) is 0.667. The summed E-state index contributed by atoms with van der Waals surface area (Å²) in [7, 11) is 1.95. The zero-order chi connectivity index (χ0) is 12.5. The van der Waals surface area contributed by atoms with E-state index in [9.17, 15) is 0 Å². The third kappa shape index (κ3) is 3.03. The van der Waals surface area contributed by atoms with Crippen LogP contribution >= 0.6 is 11.8 Å². The van der Waals surface area contributed by atoms with Crippen molar-refractivity contribution in [1.29, 1.82) is 0 Å². The van der Waals surface area contributed by atoms with Crippen LogP contribution in [0.4, 0.5) is 5.69 Å². The molecule has 0 spiro atoms. The Morgan fingerprint density at radius 3 is 2.94 bits per heavy atom. The summed E-state index contributed by atoms with van der Waals surface area (Å²) in [6.45, 7) is 6.48. The lowest BCUT2D eigenvalue weighted by molar-refractivity contribution is 0.507. The van der Waals surface area contributed by atoms with Gasteiger partial charge in [-0.2, -0.15) is 5.10 Å². The first-order valence-corrected chi connectivity index (χ1v) is 7.01. The summed E-state index contributed by atoms with van der Waals surface area (Å²) in [5.41, 5.74) is 2.24. The Balaban J connectivity index is 2.18. The summed E-state index contributed by atoms with van der Waals surface area (Å²) in [4.78, 5) is 4.73. The lowest BCUT2D eigenvalue weighted by atomic mass is 10.0. The summed E-state index contributed by atoms with van der Waals surface area (Å²) in [5.74, 6) is 1.13. The molecule has 1 aromatic heterocycles. The normalized spacial score (nSPS) is 18.9. The number of thioether (sulfide) groups is 1. The van der Waals surface area contributed by atoms with Gasteiger partial charge >= 0.3 is 0 Å². The third-order valence-electron chi connectivity index (χ3n) is 2.84. The lowest BCUT2D eigenvalue weighted by Gasteiger charge is -2.26. The Hall–Kier alpha value is -0.970. The van der Waals surface area contributed by atoms with E-state index in [2.05, 4.69) is 31.2 Å². The van der Waals surface area contributed by atoms with Crippen LogP contribution in [0.25, 0.3) is 0 Å². The highest BCUT2D eigenvalue weighted by molar-refractivity contribution is 8.14. The average molecular weight is 252 g/mol. The zero-order valence-electron chi connectivity index (χ0n) is 10.9. The molecule has 1 N–H and O–H groups in total. The van der Waals surface area contributed by atoms with Crippen molar-refractivity contribution in [2.45, 2.75) is 39.2 Å². The third-order valence-corrected chi connectivity index (χ3v) is 3.71. The second-order valence-corrected chi connectivity index (χ2v) is 6.05. The highest BCUT2D eigenvalue weighted by Crippen LogP contribution is 2.27. The molecule has 0 saturated carbocycles. The van der Waals surface area contributed by atoms with Crippen molar-refractivity contribution in [3.8, 4) is 0 Å². The number of aromatic nitrogens is 2. The van der Waals surface area contributed by atoms with E-state index in [4.69, 9.17) is 4.99 Å². The largest absolute Gasteiger partial charge is 0.332 e. The number of hydrogen-bond donors (Lipinski definition) is 1. The van der Waals surface area contributed by atoms with Crippen LogP contribution in [-0.2, 0) is 13.5 Å². The van der Waals surface area contributed by atoms with Crippen LogP contribution in [0.2, 0.25) is 0 Å². The van der Waals surface area contributed by atoms with E-state index in [0.29, 0.717) is 0 Å². The summed E-state index contributed by atoms with van der Waals surface area (Å²) < 4.78 is 1.85. The molecule has 0 atom stereocenters. The maximum Gasteiger partial charge on any atom is 0.161 e. The van der Waals surface area contributed by atoms with Gasteiger partial charge < -0.3 is 5.32 Å². The number of nitrogens with zero attached hydrogens (tertiary/aromatic N) is 3. The molecule has 0 unspecified atom stereocenters. The van der Waals surface area contributed by atoms with E-state index in [1.54, 1.807) is 11.8 Å². The first-order chi connectivity index (χ1) is 8.00. The van der Waals surface area contributed by atoms with Crippen LogP contribution in [0, 0.1) is 0 Å². The molecule has 0 amide bonds. The second kappa shape index (κ2) is 4.72. The van der Waals surface area contributed by atoms with Crippen LogP contribution in [0.15, 0.2) is 11.2 Å². The molecule has 0 aliphatic carbocycles. The molecule has 4 nitrogen and oxygen atoms in total. The van der Waals surface area contributed by atoms with Crippen LogP contribution < -0.4 is 5.32 Å². The number of aryl methyl sites for hydroxylation is 2. The molecule has 0 fully saturated rings. The van der Waals surface area contributed by atoms with E-state index in [1.165, 1.54) is 0 Å². The van der Waals surface area contributed by atoms with Crippen molar-refractivity contribution in [3.63, 3.8) is 0 Å². The van der Waals surface area contributed by atoms with Gasteiger partial charge in [-0.3, -0.25) is 9.67 Å². The Morgan fingerprint density at radius 2 is 2.29 bits per heavy atom. The van der Waals surface area contributed by atoms with Crippen molar-refractivity contribution < 1.29 is 0 Å². The first-order valence-electron chi connectivity index (χ1n) is 6.02. The van der Waals surface area contributed by atoms with Crippen molar-refractivity contribution in [1.82, 2.24) is 9.78 Å². The van der Waals surface area contributed by atoms with Gasteiger partial charge in [-0.25, -0.2) is 0 Å². The van der Waals surface area contributed by atoms with Gasteiger partial charge in [0.15, 0.2) is 5.17 Å². The van der Waals surface area contributed by atoms with Gasteiger partial charge in [0.1, 0.15) is 0 Å². The number of aliphatic imine (C=N–C) groups is 1. The first kappa shape index (κ1) is 12.5. The van der Waals surface area contributed by atoms with E-state index < -0.39 is 0 Å². The SMILES string of the molecule is CCc1nn(C)cc1NC1=NC(C)(C)CCS1. The molecule has 5 heteroatoms. The number of rotatable bonds is 2. The average Bonchev–Trinajstić information content (AvgIpc) is 2.57. The van der Waals surface area contributed by atoms with Crippen LogP contribution in [0.3, 0.4) is 0 Å². The van der Waals surface area contributed by atoms with Gasteiger partial charge in [0.25, 0.3) is 0 Å². The molecule has 0 saturated heterocycles. The summed E-state index contributed by atoms with van der Waals surface area (Å²) in [6.07, 6.45) is 4.09. The second-order valence-electron chi connectivity index (χ2n) is 4.97. The Labute approximate surface area is 107 Å². The van der Waals surface area contributed by atoms with Crippen LogP contribution in [0.5, 0.6) is 0 Å². The van der Waals surface area contributed by atoms with Gasteiger partial charge in [-0.15, -0.1) is 0 Å². The van der Waals surface area contributed by atoms with E-state index in [1.807, 2.05) is 17.9 Å². The van der Waals surface area contributed by atoms with Gasteiger partial charge in [-0.05, 0) is 26.7 Å².